The number of rotatable bonds is 3. The summed E-state index contributed by atoms with van der Waals surface area (Å²) in [4.78, 5) is 3.84. The molecule has 1 heterocycles. The second kappa shape index (κ2) is 3.02. The van der Waals surface area contributed by atoms with Crippen molar-refractivity contribution in [3.63, 3.8) is 0 Å². The van der Waals surface area contributed by atoms with Gasteiger partial charge in [-0.05, 0) is 12.8 Å². The predicted octanol–water partition coefficient (Wildman–Crippen LogP) is -0.294. The molecule has 0 spiro atoms. The first-order valence-electron chi connectivity index (χ1n) is 4.02. The Bertz CT molecular complexity index is 253. The van der Waals surface area contributed by atoms with Gasteiger partial charge in [0.15, 0.2) is 0 Å². The minimum absolute atomic E-state index is 0.227. The fraction of sp³-hybridized carbons (Fsp3) is 0.571. The van der Waals surface area contributed by atoms with E-state index in [0.717, 1.165) is 12.2 Å². The van der Waals surface area contributed by atoms with Crippen LogP contribution in [0.1, 0.15) is 18.5 Å². The van der Waals surface area contributed by atoms with Crippen LogP contribution in [0.4, 0.5) is 5.95 Å². The van der Waals surface area contributed by atoms with Crippen LogP contribution in [0.3, 0.4) is 0 Å². The van der Waals surface area contributed by atoms with Crippen molar-refractivity contribution in [3.8, 4) is 0 Å². The molecule has 1 aliphatic carbocycles. The van der Waals surface area contributed by atoms with Crippen LogP contribution >= 0.6 is 0 Å². The van der Waals surface area contributed by atoms with E-state index in [-0.39, 0.29) is 5.95 Å². The number of nitrogen functional groups attached to an aromatic ring is 1. The van der Waals surface area contributed by atoms with Gasteiger partial charge in [0, 0.05) is 12.6 Å². The SMILES string of the molecule is Nc1ncc(CNC2CC2)nn1. The number of nitrogens with two attached hydrogens (primary N) is 1. The van der Waals surface area contributed by atoms with Gasteiger partial charge < -0.3 is 11.1 Å². The van der Waals surface area contributed by atoms with E-state index < -0.39 is 0 Å². The van der Waals surface area contributed by atoms with Crippen LogP contribution in [0.5, 0.6) is 0 Å². The Morgan fingerprint density at radius 1 is 1.50 bits per heavy atom. The van der Waals surface area contributed by atoms with E-state index in [1.165, 1.54) is 12.8 Å². The molecular formula is C7H11N5. The monoisotopic (exact) mass is 165 g/mol. The molecule has 1 fully saturated rings. The fourth-order valence-corrected chi connectivity index (χ4v) is 0.925. The summed E-state index contributed by atoms with van der Waals surface area (Å²) in [6, 6.07) is 0.685. The summed E-state index contributed by atoms with van der Waals surface area (Å²) in [6.07, 6.45) is 4.20. The topological polar surface area (TPSA) is 76.7 Å². The van der Waals surface area contributed by atoms with Gasteiger partial charge >= 0.3 is 0 Å². The smallest absolute Gasteiger partial charge is 0.240 e. The third kappa shape index (κ3) is 1.88. The highest BCUT2D eigenvalue weighted by atomic mass is 15.2. The Morgan fingerprint density at radius 3 is 2.92 bits per heavy atom. The van der Waals surface area contributed by atoms with Gasteiger partial charge in [0.2, 0.25) is 5.95 Å². The number of aromatic nitrogens is 3. The summed E-state index contributed by atoms with van der Waals surface area (Å²) < 4.78 is 0. The van der Waals surface area contributed by atoms with Crippen LogP contribution in [-0.2, 0) is 6.54 Å². The van der Waals surface area contributed by atoms with Gasteiger partial charge in [-0.1, -0.05) is 0 Å². The lowest BCUT2D eigenvalue weighted by atomic mass is 10.4. The average Bonchev–Trinajstić information content (AvgIpc) is 2.87. The quantitative estimate of drug-likeness (QED) is 0.643. The molecule has 64 valence electrons. The van der Waals surface area contributed by atoms with Gasteiger partial charge in [-0.2, -0.15) is 0 Å². The molecule has 0 amide bonds. The highest BCUT2D eigenvalue weighted by Crippen LogP contribution is 2.18. The molecule has 0 aliphatic heterocycles. The average molecular weight is 165 g/mol. The Balaban J connectivity index is 1.89. The number of hydrogen-bond donors (Lipinski definition) is 2. The maximum absolute atomic E-state index is 5.29. The van der Waals surface area contributed by atoms with E-state index in [1.54, 1.807) is 6.20 Å². The second-order valence-electron chi connectivity index (χ2n) is 2.96. The largest absolute Gasteiger partial charge is 0.366 e. The fourth-order valence-electron chi connectivity index (χ4n) is 0.925. The summed E-state index contributed by atoms with van der Waals surface area (Å²) in [6.45, 7) is 0.741. The van der Waals surface area contributed by atoms with Crippen molar-refractivity contribution in [2.24, 2.45) is 0 Å². The minimum atomic E-state index is 0.227. The molecule has 2 rings (SSSR count). The first kappa shape index (κ1) is 7.42. The summed E-state index contributed by atoms with van der Waals surface area (Å²) in [7, 11) is 0. The molecule has 3 N–H and O–H groups in total. The van der Waals surface area contributed by atoms with Gasteiger partial charge in [0.1, 0.15) is 0 Å². The molecule has 0 radical (unpaired) electrons. The zero-order chi connectivity index (χ0) is 8.39. The zero-order valence-electron chi connectivity index (χ0n) is 6.70. The molecule has 1 aliphatic rings. The Morgan fingerprint density at radius 2 is 2.33 bits per heavy atom. The number of anilines is 1. The van der Waals surface area contributed by atoms with Crippen LogP contribution in [0.2, 0.25) is 0 Å². The Labute approximate surface area is 70.4 Å². The highest BCUT2D eigenvalue weighted by Gasteiger charge is 2.20. The van der Waals surface area contributed by atoms with Crippen LogP contribution in [0.25, 0.3) is 0 Å². The van der Waals surface area contributed by atoms with Crippen LogP contribution in [-0.4, -0.2) is 21.2 Å². The number of nitrogens with one attached hydrogen (secondary N) is 1. The van der Waals surface area contributed by atoms with Crippen LogP contribution in [0, 0.1) is 0 Å². The first-order chi connectivity index (χ1) is 5.84. The van der Waals surface area contributed by atoms with Crippen LogP contribution in [0.15, 0.2) is 6.20 Å². The van der Waals surface area contributed by atoms with E-state index in [0.29, 0.717) is 6.04 Å². The molecule has 0 unspecified atom stereocenters. The van der Waals surface area contributed by atoms with E-state index in [9.17, 15) is 0 Å². The van der Waals surface area contributed by atoms with Crippen molar-refractivity contribution in [3.05, 3.63) is 11.9 Å². The number of nitrogens with zero attached hydrogens (tertiary/aromatic N) is 3. The molecule has 1 saturated carbocycles. The van der Waals surface area contributed by atoms with Gasteiger partial charge in [0.25, 0.3) is 0 Å². The molecule has 5 nitrogen and oxygen atoms in total. The molecule has 1 aromatic rings. The van der Waals surface area contributed by atoms with Gasteiger partial charge in [-0.25, -0.2) is 4.98 Å². The molecule has 0 saturated heterocycles. The summed E-state index contributed by atoms with van der Waals surface area (Å²) in [5, 5.41) is 10.8. The lowest BCUT2D eigenvalue weighted by molar-refractivity contribution is 0.661. The summed E-state index contributed by atoms with van der Waals surface area (Å²) in [5.74, 6) is 0.227. The lowest BCUT2D eigenvalue weighted by Gasteiger charge is -1.99. The third-order valence-electron chi connectivity index (χ3n) is 1.78. The van der Waals surface area contributed by atoms with Crippen LogP contribution < -0.4 is 11.1 Å². The van der Waals surface area contributed by atoms with Gasteiger partial charge in [-0.3, -0.25) is 0 Å². The number of hydrogen-bond acceptors (Lipinski definition) is 5. The van der Waals surface area contributed by atoms with Gasteiger partial charge in [0.05, 0.1) is 11.9 Å². The maximum Gasteiger partial charge on any atom is 0.240 e. The molecule has 12 heavy (non-hydrogen) atoms. The Hall–Kier alpha value is -1.23. The lowest BCUT2D eigenvalue weighted by Crippen LogP contribution is -2.17. The second-order valence-corrected chi connectivity index (χ2v) is 2.96. The molecule has 0 aromatic carbocycles. The standard InChI is InChI=1S/C7H11N5/c8-7-10-4-6(11-12-7)3-9-5-1-2-5/h4-5,9H,1-3H2,(H2,8,10,12). The van der Waals surface area contributed by atoms with Crippen molar-refractivity contribution in [2.45, 2.75) is 25.4 Å². The van der Waals surface area contributed by atoms with Crippen molar-refractivity contribution in [1.29, 1.82) is 0 Å². The predicted molar refractivity (Wildman–Crippen MR) is 44.1 cm³/mol. The molecule has 0 atom stereocenters. The van der Waals surface area contributed by atoms with Crippen molar-refractivity contribution < 1.29 is 0 Å². The normalized spacial score (nSPS) is 16.3. The van der Waals surface area contributed by atoms with E-state index in [4.69, 9.17) is 5.73 Å². The first-order valence-corrected chi connectivity index (χ1v) is 4.02. The van der Waals surface area contributed by atoms with Crippen molar-refractivity contribution in [1.82, 2.24) is 20.5 Å². The minimum Gasteiger partial charge on any atom is -0.366 e. The molecule has 5 heteroatoms. The van der Waals surface area contributed by atoms with E-state index >= 15 is 0 Å². The summed E-state index contributed by atoms with van der Waals surface area (Å²) >= 11 is 0. The maximum atomic E-state index is 5.29. The Kier molecular flexibility index (Phi) is 1.87. The van der Waals surface area contributed by atoms with E-state index in [1.807, 2.05) is 0 Å². The van der Waals surface area contributed by atoms with Gasteiger partial charge in [-0.15, -0.1) is 10.2 Å². The zero-order valence-corrected chi connectivity index (χ0v) is 6.70. The molecular weight excluding hydrogens is 154 g/mol. The van der Waals surface area contributed by atoms with Crippen molar-refractivity contribution >= 4 is 5.95 Å². The molecule has 1 aromatic heterocycles. The van der Waals surface area contributed by atoms with E-state index in [2.05, 4.69) is 20.5 Å². The molecule has 0 bridgehead atoms. The third-order valence-corrected chi connectivity index (χ3v) is 1.78. The van der Waals surface area contributed by atoms with Crippen molar-refractivity contribution in [2.75, 3.05) is 5.73 Å². The summed E-state index contributed by atoms with van der Waals surface area (Å²) in [5.41, 5.74) is 6.13. The highest BCUT2D eigenvalue weighted by molar-refractivity contribution is 5.11.